The van der Waals surface area contributed by atoms with E-state index in [1.165, 1.54) is 0 Å². The fourth-order valence-corrected chi connectivity index (χ4v) is 1.39. The van der Waals surface area contributed by atoms with Crippen molar-refractivity contribution in [2.75, 3.05) is 0 Å². The second-order valence-corrected chi connectivity index (χ2v) is 3.87. The molecule has 0 aromatic carbocycles. The Morgan fingerprint density at radius 3 is 2.78 bits per heavy atom. The second kappa shape index (κ2) is 6.63. The highest BCUT2D eigenvalue weighted by Crippen LogP contribution is 2.01. The van der Waals surface area contributed by atoms with Crippen molar-refractivity contribution in [2.45, 2.75) is 39.3 Å². The Morgan fingerprint density at radius 1 is 1.56 bits per heavy atom. The maximum atomic E-state index is 11.5. The van der Waals surface area contributed by atoms with Crippen LogP contribution in [0.25, 0.3) is 0 Å². The number of hydrogen-bond acceptors (Lipinski definition) is 4. The van der Waals surface area contributed by atoms with Gasteiger partial charge in [0.05, 0.1) is 12.7 Å². The topological polar surface area (TPSA) is 104 Å². The van der Waals surface area contributed by atoms with Crippen LogP contribution in [0.2, 0.25) is 0 Å². The zero-order chi connectivity index (χ0) is 13.5. The van der Waals surface area contributed by atoms with Gasteiger partial charge in [-0.05, 0) is 13.3 Å². The number of amides is 2. The number of aromatic nitrogens is 1. The van der Waals surface area contributed by atoms with Gasteiger partial charge in [0.15, 0.2) is 0 Å². The molecule has 0 saturated heterocycles. The molecule has 0 unspecified atom stereocenters. The molecule has 0 aliphatic carbocycles. The summed E-state index contributed by atoms with van der Waals surface area (Å²) in [4.78, 5) is 26.2. The summed E-state index contributed by atoms with van der Waals surface area (Å²) in [7, 11) is 0. The average Bonchev–Trinajstić information content (AvgIpc) is 2.72. The van der Waals surface area contributed by atoms with E-state index < -0.39 is 18.0 Å². The quantitative estimate of drug-likeness (QED) is 0.704. The van der Waals surface area contributed by atoms with Crippen LogP contribution in [0.4, 0.5) is 4.79 Å². The van der Waals surface area contributed by atoms with E-state index >= 15 is 0 Å². The third-order valence-corrected chi connectivity index (χ3v) is 2.25. The Hall–Kier alpha value is -2.05. The zero-order valence-corrected chi connectivity index (χ0v) is 10.4. The molecule has 1 aromatic heterocycles. The molecule has 1 aromatic rings. The van der Waals surface area contributed by atoms with Crippen molar-refractivity contribution < 1.29 is 19.1 Å². The normalized spacial score (nSPS) is 11.9. The predicted octanol–water partition coefficient (Wildman–Crippen LogP) is 1.04. The molecule has 0 aliphatic rings. The van der Waals surface area contributed by atoms with Gasteiger partial charge in [0.2, 0.25) is 5.89 Å². The van der Waals surface area contributed by atoms with Gasteiger partial charge in [-0.3, -0.25) is 0 Å². The molecular weight excluding hydrogens is 238 g/mol. The van der Waals surface area contributed by atoms with Gasteiger partial charge in [-0.1, -0.05) is 13.3 Å². The van der Waals surface area contributed by atoms with Crippen molar-refractivity contribution in [3.63, 3.8) is 0 Å². The molecule has 3 N–H and O–H groups in total. The maximum absolute atomic E-state index is 11.5. The Labute approximate surface area is 105 Å². The van der Waals surface area contributed by atoms with Gasteiger partial charge in [-0.25, -0.2) is 14.6 Å². The van der Waals surface area contributed by atoms with E-state index in [4.69, 9.17) is 9.52 Å². The highest BCUT2D eigenvalue weighted by atomic mass is 16.4. The molecule has 1 atom stereocenters. The Morgan fingerprint density at radius 2 is 2.28 bits per heavy atom. The van der Waals surface area contributed by atoms with Crippen molar-refractivity contribution in [2.24, 2.45) is 0 Å². The number of aryl methyl sites for hydroxylation is 1. The van der Waals surface area contributed by atoms with Crippen LogP contribution in [0.15, 0.2) is 10.6 Å². The number of hydrogen-bond donors (Lipinski definition) is 3. The molecule has 1 rings (SSSR count). The summed E-state index contributed by atoms with van der Waals surface area (Å²) < 4.78 is 5.16. The number of carboxylic acid groups (broad SMARTS) is 1. The molecular formula is C11H17N3O4. The number of carboxylic acids is 1. The Kier molecular flexibility index (Phi) is 5.16. The van der Waals surface area contributed by atoms with Gasteiger partial charge < -0.3 is 20.2 Å². The SMILES string of the molecule is CCC[C@H](NC(=O)NCc1ncc(C)o1)C(=O)O. The highest BCUT2D eigenvalue weighted by molar-refractivity contribution is 5.82. The highest BCUT2D eigenvalue weighted by Gasteiger charge is 2.18. The zero-order valence-electron chi connectivity index (χ0n) is 10.4. The van der Waals surface area contributed by atoms with E-state index in [1.54, 1.807) is 13.1 Å². The first-order valence-corrected chi connectivity index (χ1v) is 5.71. The van der Waals surface area contributed by atoms with Crippen LogP contribution in [0.3, 0.4) is 0 Å². The summed E-state index contributed by atoms with van der Waals surface area (Å²) >= 11 is 0. The minimum absolute atomic E-state index is 0.123. The fraction of sp³-hybridized carbons (Fsp3) is 0.545. The van der Waals surface area contributed by atoms with Gasteiger partial charge in [-0.15, -0.1) is 0 Å². The molecule has 0 fully saturated rings. The summed E-state index contributed by atoms with van der Waals surface area (Å²) in [5, 5.41) is 13.7. The lowest BCUT2D eigenvalue weighted by Crippen LogP contribution is -2.45. The smallest absolute Gasteiger partial charge is 0.326 e. The third-order valence-electron chi connectivity index (χ3n) is 2.25. The minimum atomic E-state index is -1.04. The van der Waals surface area contributed by atoms with Crippen LogP contribution < -0.4 is 10.6 Å². The average molecular weight is 255 g/mol. The molecule has 100 valence electrons. The number of carbonyl (C=O) groups excluding carboxylic acids is 1. The number of oxazole rings is 1. The summed E-state index contributed by atoms with van der Waals surface area (Å²) in [6.45, 7) is 3.72. The molecule has 0 saturated carbocycles. The van der Waals surface area contributed by atoms with E-state index in [0.29, 0.717) is 24.5 Å². The number of carbonyl (C=O) groups is 2. The minimum Gasteiger partial charge on any atom is -0.480 e. The monoisotopic (exact) mass is 255 g/mol. The van der Waals surface area contributed by atoms with Crippen LogP contribution >= 0.6 is 0 Å². The van der Waals surface area contributed by atoms with Crippen LogP contribution in [0, 0.1) is 6.92 Å². The standard InChI is InChI=1S/C11H17N3O4/c1-3-4-8(10(15)16)14-11(17)13-6-9-12-5-7(2)18-9/h5,8H,3-4,6H2,1-2H3,(H,15,16)(H2,13,14,17)/t8-/m0/s1. The molecule has 7 heteroatoms. The van der Waals surface area contributed by atoms with Crippen LogP contribution in [-0.4, -0.2) is 28.1 Å². The number of nitrogens with zero attached hydrogens (tertiary/aromatic N) is 1. The Bertz CT molecular complexity index is 416. The summed E-state index contributed by atoms with van der Waals surface area (Å²) in [5.74, 6) is -0.00871. The third kappa shape index (κ3) is 4.44. The van der Waals surface area contributed by atoms with Gasteiger partial charge in [0.25, 0.3) is 0 Å². The lowest BCUT2D eigenvalue weighted by Gasteiger charge is -2.13. The number of aliphatic carboxylic acids is 1. The van der Waals surface area contributed by atoms with Crippen LogP contribution in [0.5, 0.6) is 0 Å². The summed E-state index contributed by atoms with van der Waals surface area (Å²) in [5.41, 5.74) is 0. The molecule has 0 radical (unpaired) electrons. The molecule has 0 aliphatic heterocycles. The number of urea groups is 1. The summed E-state index contributed by atoms with van der Waals surface area (Å²) in [6, 6.07) is -1.42. The van der Waals surface area contributed by atoms with E-state index in [-0.39, 0.29) is 6.54 Å². The molecule has 2 amide bonds. The maximum Gasteiger partial charge on any atom is 0.326 e. The van der Waals surface area contributed by atoms with E-state index in [9.17, 15) is 9.59 Å². The van der Waals surface area contributed by atoms with Crippen molar-refractivity contribution >= 4 is 12.0 Å². The van der Waals surface area contributed by atoms with Crippen LogP contribution in [-0.2, 0) is 11.3 Å². The van der Waals surface area contributed by atoms with Crippen molar-refractivity contribution in [3.05, 3.63) is 17.8 Å². The largest absolute Gasteiger partial charge is 0.480 e. The number of nitrogens with one attached hydrogen (secondary N) is 2. The lowest BCUT2D eigenvalue weighted by molar-refractivity contribution is -0.139. The van der Waals surface area contributed by atoms with E-state index in [2.05, 4.69) is 15.6 Å². The first-order chi connectivity index (χ1) is 8.52. The van der Waals surface area contributed by atoms with Crippen molar-refractivity contribution in [1.29, 1.82) is 0 Å². The van der Waals surface area contributed by atoms with E-state index in [1.807, 2.05) is 6.92 Å². The first-order valence-electron chi connectivity index (χ1n) is 5.71. The molecule has 0 bridgehead atoms. The molecule has 18 heavy (non-hydrogen) atoms. The first kappa shape index (κ1) is 14.0. The predicted molar refractivity (Wildman–Crippen MR) is 62.9 cm³/mol. The van der Waals surface area contributed by atoms with Gasteiger partial charge in [0.1, 0.15) is 11.8 Å². The van der Waals surface area contributed by atoms with Crippen molar-refractivity contribution in [3.8, 4) is 0 Å². The van der Waals surface area contributed by atoms with Gasteiger partial charge in [-0.2, -0.15) is 0 Å². The molecule has 7 nitrogen and oxygen atoms in total. The molecule has 1 heterocycles. The van der Waals surface area contributed by atoms with Gasteiger partial charge in [0, 0.05) is 0 Å². The fourth-order valence-electron chi connectivity index (χ4n) is 1.39. The van der Waals surface area contributed by atoms with Crippen molar-refractivity contribution in [1.82, 2.24) is 15.6 Å². The second-order valence-electron chi connectivity index (χ2n) is 3.87. The van der Waals surface area contributed by atoms with Crippen LogP contribution in [0.1, 0.15) is 31.4 Å². The lowest BCUT2D eigenvalue weighted by atomic mass is 10.2. The van der Waals surface area contributed by atoms with E-state index in [0.717, 1.165) is 0 Å². The van der Waals surface area contributed by atoms with Gasteiger partial charge >= 0.3 is 12.0 Å². The number of rotatable bonds is 6. The summed E-state index contributed by atoms with van der Waals surface area (Å²) in [6.07, 6.45) is 2.61. The Balaban J connectivity index is 2.38. The molecule has 0 spiro atoms.